The van der Waals surface area contributed by atoms with E-state index >= 15 is 0 Å². The molecule has 3 nitrogen and oxygen atoms in total. The average molecular weight is 306 g/mol. The van der Waals surface area contributed by atoms with E-state index in [1.54, 1.807) is 0 Å². The zero-order valence-corrected chi connectivity index (χ0v) is 13.8. The van der Waals surface area contributed by atoms with E-state index in [1.807, 2.05) is 43.5 Å². The molecule has 0 saturated carbocycles. The number of H-pyrrole nitrogens is 1. The van der Waals surface area contributed by atoms with Gasteiger partial charge in [0.1, 0.15) is 0 Å². The third-order valence-corrected chi connectivity index (χ3v) is 4.17. The average Bonchev–Trinajstić information content (AvgIpc) is 2.96. The zero-order chi connectivity index (χ0) is 16.4. The van der Waals surface area contributed by atoms with Crippen molar-refractivity contribution in [1.29, 1.82) is 0 Å². The molecule has 1 heterocycles. The molecule has 2 N–H and O–H groups in total. The Balaban J connectivity index is 1.79. The first-order valence-corrected chi connectivity index (χ1v) is 8.00. The number of aryl methyl sites for hydroxylation is 1. The second kappa shape index (κ2) is 6.29. The Morgan fingerprint density at radius 2 is 2.00 bits per heavy atom. The molecule has 0 fully saturated rings. The van der Waals surface area contributed by atoms with Crippen molar-refractivity contribution in [1.82, 2.24) is 4.98 Å². The van der Waals surface area contributed by atoms with E-state index in [1.165, 1.54) is 5.56 Å². The molecule has 0 bridgehead atoms. The van der Waals surface area contributed by atoms with Crippen LogP contribution in [0.4, 0.5) is 5.69 Å². The summed E-state index contributed by atoms with van der Waals surface area (Å²) in [6.07, 6.45) is 2.30. The van der Waals surface area contributed by atoms with Crippen LogP contribution in [0, 0.1) is 6.92 Å². The summed E-state index contributed by atoms with van der Waals surface area (Å²) in [6, 6.07) is 14.3. The van der Waals surface area contributed by atoms with Gasteiger partial charge in [-0.25, -0.2) is 0 Å². The predicted molar refractivity (Wildman–Crippen MR) is 95.9 cm³/mol. The monoisotopic (exact) mass is 306 g/mol. The van der Waals surface area contributed by atoms with Crippen LogP contribution in [0.15, 0.2) is 48.7 Å². The van der Waals surface area contributed by atoms with Crippen molar-refractivity contribution in [2.45, 2.75) is 33.1 Å². The van der Waals surface area contributed by atoms with Crippen LogP contribution < -0.4 is 5.32 Å². The lowest BCUT2D eigenvalue weighted by Crippen LogP contribution is -2.16. The maximum absolute atomic E-state index is 12.5. The highest BCUT2D eigenvalue weighted by Gasteiger charge is 2.12. The maximum Gasteiger partial charge on any atom is 0.228 e. The van der Waals surface area contributed by atoms with Gasteiger partial charge in [0.2, 0.25) is 5.91 Å². The molecule has 0 saturated heterocycles. The molecule has 0 radical (unpaired) electrons. The third kappa shape index (κ3) is 3.29. The van der Waals surface area contributed by atoms with Gasteiger partial charge in [0, 0.05) is 17.4 Å². The van der Waals surface area contributed by atoms with Crippen molar-refractivity contribution in [2.24, 2.45) is 0 Å². The lowest BCUT2D eigenvalue weighted by Gasteiger charge is -2.16. The van der Waals surface area contributed by atoms with Gasteiger partial charge in [0.25, 0.3) is 0 Å². The van der Waals surface area contributed by atoms with Gasteiger partial charge in [0.05, 0.1) is 6.42 Å². The highest BCUT2D eigenvalue weighted by Crippen LogP contribution is 2.27. The number of hydrogen-bond donors (Lipinski definition) is 2. The van der Waals surface area contributed by atoms with Gasteiger partial charge < -0.3 is 10.3 Å². The molecule has 2 aromatic carbocycles. The number of aromatic amines is 1. The summed E-state index contributed by atoms with van der Waals surface area (Å²) in [5.41, 5.74) is 5.35. The number of amides is 1. The predicted octanol–water partition coefficient (Wildman–Crippen LogP) is 4.78. The van der Waals surface area contributed by atoms with Crippen LogP contribution >= 0.6 is 0 Å². The summed E-state index contributed by atoms with van der Waals surface area (Å²) in [5.74, 6) is 0.400. The molecule has 3 aromatic rings. The summed E-state index contributed by atoms with van der Waals surface area (Å²) >= 11 is 0. The van der Waals surface area contributed by atoms with Gasteiger partial charge in [-0.05, 0) is 53.1 Å². The van der Waals surface area contributed by atoms with Gasteiger partial charge in [-0.15, -0.1) is 0 Å². The van der Waals surface area contributed by atoms with E-state index in [2.05, 4.69) is 36.3 Å². The van der Waals surface area contributed by atoms with Gasteiger partial charge in [-0.3, -0.25) is 4.79 Å². The van der Waals surface area contributed by atoms with Gasteiger partial charge >= 0.3 is 0 Å². The number of anilines is 1. The number of benzene rings is 2. The van der Waals surface area contributed by atoms with E-state index in [0.29, 0.717) is 12.3 Å². The lowest BCUT2D eigenvalue weighted by atomic mass is 9.98. The summed E-state index contributed by atoms with van der Waals surface area (Å²) in [4.78, 5) is 15.6. The quantitative estimate of drug-likeness (QED) is 0.715. The van der Waals surface area contributed by atoms with Gasteiger partial charge in [0.15, 0.2) is 0 Å². The Kier molecular flexibility index (Phi) is 4.20. The molecule has 0 atom stereocenters. The summed E-state index contributed by atoms with van der Waals surface area (Å²) in [6.45, 7) is 6.32. The van der Waals surface area contributed by atoms with Crippen molar-refractivity contribution in [3.05, 3.63) is 65.4 Å². The number of nitrogens with one attached hydrogen (secondary N) is 2. The van der Waals surface area contributed by atoms with Crippen LogP contribution in [0.3, 0.4) is 0 Å². The molecule has 3 heteroatoms. The third-order valence-electron chi connectivity index (χ3n) is 4.17. The number of fused-ring (bicyclic) bond motifs is 1. The Labute approximate surface area is 136 Å². The Hall–Kier alpha value is -2.55. The molecule has 0 unspecified atom stereocenters. The molecule has 3 rings (SSSR count). The van der Waals surface area contributed by atoms with Gasteiger partial charge in [-0.2, -0.15) is 0 Å². The number of rotatable bonds is 4. The first-order chi connectivity index (χ1) is 11.0. The lowest BCUT2D eigenvalue weighted by molar-refractivity contribution is -0.115. The molecule has 118 valence electrons. The van der Waals surface area contributed by atoms with E-state index in [-0.39, 0.29) is 5.91 Å². The Morgan fingerprint density at radius 1 is 1.17 bits per heavy atom. The van der Waals surface area contributed by atoms with Crippen molar-refractivity contribution in [3.8, 4) is 0 Å². The minimum Gasteiger partial charge on any atom is -0.361 e. The molecule has 0 aliphatic carbocycles. The Bertz CT molecular complexity index is 846. The number of carbonyl (C=O) groups excluding carboxylic acids is 1. The van der Waals surface area contributed by atoms with Crippen molar-refractivity contribution in [3.63, 3.8) is 0 Å². The molecule has 1 aromatic heterocycles. The summed E-state index contributed by atoms with van der Waals surface area (Å²) in [5, 5.41) is 4.24. The fourth-order valence-corrected chi connectivity index (χ4v) is 2.92. The molecular formula is C20H22N2O. The van der Waals surface area contributed by atoms with Gasteiger partial charge in [-0.1, -0.05) is 38.1 Å². The summed E-state index contributed by atoms with van der Waals surface area (Å²) in [7, 11) is 0. The van der Waals surface area contributed by atoms with Crippen molar-refractivity contribution >= 4 is 22.5 Å². The van der Waals surface area contributed by atoms with Crippen LogP contribution in [-0.2, 0) is 11.2 Å². The fraction of sp³-hybridized carbons (Fsp3) is 0.250. The minimum atomic E-state index is 0.0242. The largest absolute Gasteiger partial charge is 0.361 e. The highest BCUT2D eigenvalue weighted by molar-refractivity contribution is 5.94. The van der Waals surface area contributed by atoms with Crippen molar-refractivity contribution in [2.75, 3.05) is 5.32 Å². The van der Waals surface area contributed by atoms with E-state index in [9.17, 15) is 4.79 Å². The first-order valence-electron chi connectivity index (χ1n) is 8.00. The molecule has 0 spiro atoms. The van der Waals surface area contributed by atoms with Crippen LogP contribution in [0.25, 0.3) is 10.9 Å². The Morgan fingerprint density at radius 3 is 2.78 bits per heavy atom. The topological polar surface area (TPSA) is 44.9 Å². The standard InChI is InChI=1S/C20H22N2O/c1-13(2)17-6-4-5-14(3)20(17)22-19(23)12-15-7-8-18-16(11-15)9-10-21-18/h4-11,13,21H,12H2,1-3H3,(H,22,23). The SMILES string of the molecule is Cc1cccc(C(C)C)c1NC(=O)Cc1ccc2[nH]ccc2c1. The molecule has 1 amide bonds. The van der Waals surface area contributed by atoms with Crippen LogP contribution in [0.2, 0.25) is 0 Å². The van der Waals surface area contributed by atoms with Crippen molar-refractivity contribution < 1.29 is 4.79 Å². The second-order valence-corrected chi connectivity index (χ2v) is 6.32. The van der Waals surface area contributed by atoms with E-state index in [4.69, 9.17) is 0 Å². The zero-order valence-electron chi connectivity index (χ0n) is 13.8. The van der Waals surface area contributed by atoms with E-state index in [0.717, 1.165) is 27.7 Å². The van der Waals surface area contributed by atoms with Crippen LogP contribution in [0.5, 0.6) is 0 Å². The molecule has 0 aliphatic heterocycles. The first kappa shape index (κ1) is 15.3. The minimum absolute atomic E-state index is 0.0242. The molecule has 0 aliphatic rings. The smallest absolute Gasteiger partial charge is 0.228 e. The van der Waals surface area contributed by atoms with E-state index < -0.39 is 0 Å². The fourth-order valence-electron chi connectivity index (χ4n) is 2.92. The molecular weight excluding hydrogens is 284 g/mol. The number of carbonyl (C=O) groups is 1. The normalized spacial score (nSPS) is 11.1. The van der Waals surface area contributed by atoms with Crippen LogP contribution in [-0.4, -0.2) is 10.9 Å². The number of hydrogen-bond acceptors (Lipinski definition) is 1. The maximum atomic E-state index is 12.5. The van der Waals surface area contributed by atoms with Crippen LogP contribution in [0.1, 0.15) is 36.5 Å². The highest BCUT2D eigenvalue weighted by atomic mass is 16.1. The second-order valence-electron chi connectivity index (χ2n) is 6.32. The molecule has 23 heavy (non-hydrogen) atoms. The number of para-hydroxylation sites is 1. The summed E-state index contributed by atoms with van der Waals surface area (Å²) < 4.78 is 0. The number of aromatic nitrogens is 1.